The van der Waals surface area contributed by atoms with Gasteiger partial charge in [-0.25, -0.2) is 4.79 Å². The Labute approximate surface area is 120 Å². The van der Waals surface area contributed by atoms with Crippen molar-refractivity contribution in [2.24, 2.45) is 0 Å². The minimum absolute atomic E-state index is 0.440. The molecule has 2 aromatic rings. The largest absolute Gasteiger partial charge is 0.442 e. The maximum absolute atomic E-state index is 12.2. The summed E-state index contributed by atoms with van der Waals surface area (Å²) in [5.41, 5.74) is 1.16. The predicted molar refractivity (Wildman–Crippen MR) is 78.9 cm³/mol. The second-order valence-corrected chi connectivity index (χ2v) is 6.09. The molecule has 19 heavy (non-hydrogen) atoms. The van der Waals surface area contributed by atoms with Gasteiger partial charge in [0, 0.05) is 17.1 Å². The van der Waals surface area contributed by atoms with Crippen LogP contribution in [-0.4, -0.2) is 26.8 Å². The van der Waals surface area contributed by atoms with Crippen LogP contribution in [-0.2, 0) is 11.2 Å². The lowest BCUT2D eigenvalue weighted by atomic mass is 10.2. The Morgan fingerprint density at radius 3 is 2.68 bits per heavy atom. The Morgan fingerprint density at radius 1 is 1.37 bits per heavy atom. The number of aromatic nitrogens is 2. The van der Waals surface area contributed by atoms with Crippen LogP contribution < -0.4 is 0 Å². The Hall–Kier alpha value is -1.36. The van der Waals surface area contributed by atoms with Crippen LogP contribution in [0.15, 0.2) is 24.3 Å². The quantitative estimate of drug-likeness (QED) is 0.790. The molecule has 0 bridgehead atoms. The number of hydrogen-bond donors (Lipinski definition) is 0. The maximum Gasteiger partial charge on any atom is 0.435 e. The highest BCUT2D eigenvalue weighted by Gasteiger charge is 2.21. The SMILES string of the molecule is CC(C)(C)OC(=O)n1nc(CCBr)c2ccccc21. The van der Waals surface area contributed by atoms with Gasteiger partial charge in [-0.2, -0.15) is 9.78 Å². The van der Waals surface area contributed by atoms with E-state index in [2.05, 4.69) is 21.0 Å². The highest BCUT2D eigenvalue weighted by Crippen LogP contribution is 2.20. The molecular weight excluding hydrogens is 308 g/mol. The molecule has 1 aromatic carbocycles. The summed E-state index contributed by atoms with van der Waals surface area (Å²) >= 11 is 3.40. The average Bonchev–Trinajstić information content (AvgIpc) is 2.67. The van der Waals surface area contributed by atoms with E-state index in [1.165, 1.54) is 4.68 Å². The van der Waals surface area contributed by atoms with Crippen molar-refractivity contribution in [2.75, 3.05) is 5.33 Å². The van der Waals surface area contributed by atoms with Crippen LogP contribution in [0.1, 0.15) is 26.5 Å². The lowest BCUT2D eigenvalue weighted by molar-refractivity contribution is 0.0522. The van der Waals surface area contributed by atoms with E-state index in [0.29, 0.717) is 0 Å². The van der Waals surface area contributed by atoms with Crippen molar-refractivity contribution >= 4 is 32.9 Å². The van der Waals surface area contributed by atoms with Crippen molar-refractivity contribution in [3.8, 4) is 0 Å². The summed E-state index contributed by atoms with van der Waals surface area (Å²) in [5.74, 6) is 0. The van der Waals surface area contributed by atoms with E-state index in [0.717, 1.165) is 28.3 Å². The van der Waals surface area contributed by atoms with Crippen LogP contribution in [0.3, 0.4) is 0 Å². The van der Waals surface area contributed by atoms with Crippen molar-refractivity contribution in [3.05, 3.63) is 30.0 Å². The van der Waals surface area contributed by atoms with Gasteiger partial charge in [0.25, 0.3) is 0 Å². The fourth-order valence-corrected chi connectivity index (χ4v) is 2.22. The first kappa shape index (κ1) is 14.1. The van der Waals surface area contributed by atoms with E-state index in [-0.39, 0.29) is 0 Å². The number of nitrogens with zero attached hydrogens (tertiary/aromatic N) is 2. The van der Waals surface area contributed by atoms with Gasteiger partial charge in [0.2, 0.25) is 0 Å². The second kappa shape index (κ2) is 5.33. The van der Waals surface area contributed by atoms with Gasteiger partial charge in [-0.05, 0) is 26.8 Å². The molecule has 0 aliphatic rings. The number of aryl methyl sites for hydroxylation is 1. The van der Waals surface area contributed by atoms with Gasteiger partial charge >= 0.3 is 6.09 Å². The number of para-hydroxylation sites is 1. The molecule has 0 saturated heterocycles. The summed E-state index contributed by atoms with van der Waals surface area (Å²) in [6.07, 6.45) is 0.334. The first-order valence-electron chi connectivity index (χ1n) is 6.18. The molecule has 0 N–H and O–H groups in total. The fourth-order valence-electron chi connectivity index (χ4n) is 1.85. The van der Waals surface area contributed by atoms with Gasteiger partial charge in [-0.15, -0.1) is 0 Å². The Balaban J connectivity index is 2.46. The highest BCUT2D eigenvalue weighted by molar-refractivity contribution is 9.09. The number of carbonyl (C=O) groups excluding carboxylic acids is 1. The third kappa shape index (κ3) is 3.15. The third-order valence-electron chi connectivity index (χ3n) is 2.56. The summed E-state index contributed by atoms with van der Waals surface area (Å²) in [6.45, 7) is 5.53. The molecule has 2 rings (SSSR count). The molecule has 1 heterocycles. The van der Waals surface area contributed by atoms with Gasteiger partial charge in [-0.1, -0.05) is 34.1 Å². The van der Waals surface area contributed by atoms with E-state index in [1.807, 2.05) is 45.0 Å². The lowest BCUT2D eigenvalue weighted by Gasteiger charge is -2.19. The van der Waals surface area contributed by atoms with Crippen molar-refractivity contribution < 1.29 is 9.53 Å². The van der Waals surface area contributed by atoms with Gasteiger partial charge in [0.15, 0.2) is 0 Å². The van der Waals surface area contributed by atoms with Crippen LogP contribution in [0, 0.1) is 0 Å². The summed E-state index contributed by atoms with van der Waals surface area (Å²) in [6, 6.07) is 7.69. The van der Waals surface area contributed by atoms with Gasteiger partial charge in [0.05, 0.1) is 11.2 Å². The first-order chi connectivity index (χ1) is 8.92. The van der Waals surface area contributed by atoms with E-state index >= 15 is 0 Å². The van der Waals surface area contributed by atoms with Gasteiger partial charge in [-0.3, -0.25) is 0 Å². The number of rotatable bonds is 2. The Bertz CT molecular complexity index is 599. The molecule has 0 atom stereocenters. The predicted octanol–water partition coefficient (Wildman–Crippen LogP) is 3.76. The molecule has 0 radical (unpaired) electrons. The lowest BCUT2D eigenvalue weighted by Crippen LogP contribution is -2.27. The summed E-state index contributed by atoms with van der Waals surface area (Å²) < 4.78 is 6.72. The van der Waals surface area contributed by atoms with E-state index in [1.54, 1.807) is 0 Å². The number of hydrogen-bond acceptors (Lipinski definition) is 3. The average molecular weight is 325 g/mol. The maximum atomic E-state index is 12.2. The Kier molecular flexibility index (Phi) is 3.94. The molecule has 0 aliphatic heterocycles. The Morgan fingerprint density at radius 2 is 2.05 bits per heavy atom. The summed E-state index contributed by atoms with van der Waals surface area (Å²) in [7, 11) is 0. The molecule has 1 aromatic heterocycles. The highest BCUT2D eigenvalue weighted by atomic mass is 79.9. The van der Waals surface area contributed by atoms with Gasteiger partial charge < -0.3 is 4.74 Å². The topological polar surface area (TPSA) is 44.1 Å². The molecule has 0 aliphatic carbocycles. The number of alkyl halides is 1. The molecular formula is C14H17BrN2O2. The zero-order chi connectivity index (χ0) is 14.0. The van der Waals surface area contributed by atoms with Crippen LogP contribution in [0.5, 0.6) is 0 Å². The standard InChI is InChI=1S/C14H17BrN2O2/c1-14(2,3)19-13(18)17-12-7-5-4-6-10(12)11(16-17)8-9-15/h4-7H,8-9H2,1-3H3. The van der Waals surface area contributed by atoms with Crippen molar-refractivity contribution in [3.63, 3.8) is 0 Å². The van der Waals surface area contributed by atoms with Crippen LogP contribution >= 0.6 is 15.9 Å². The van der Waals surface area contributed by atoms with Crippen molar-refractivity contribution in [2.45, 2.75) is 32.8 Å². The number of carbonyl (C=O) groups is 1. The number of benzene rings is 1. The normalized spacial score (nSPS) is 11.8. The number of ether oxygens (including phenoxy) is 1. The zero-order valence-corrected chi connectivity index (χ0v) is 12.9. The first-order valence-corrected chi connectivity index (χ1v) is 7.30. The minimum atomic E-state index is -0.528. The summed E-state index contributed by atoms with van der Waals surface area (Å²) in [5, 5.41) is 6.18. The second-order valence-electron chi connectivity index (χ2n) is 5.29. The minimum Gasteiger partial charge on any atom is -0.442 e. The number of fused-ring (bicyclic) bond motifs is 1. The smallest absolute Gasteiger partial charge is 0.435 e. The van der Waals surface area contributed by atoms with Crippen molar-refractivity contribution in [1.29, 1.82) is 0 Å². The molecule has 0 fully saturated rings. The van der Waals surface area contributed by atoms with Crippen LogP contribution in [0.2, 0.25) is 0 Å². The molecule has 4 nitrogen and oxygen atoms in total. The van der Waals surface area contributed by atoms with E-state index in [9.17, 15) is 4.79 Å². The van der Waals surface area contributed by atoms with Gasteiger partial charge in [0.1, 0.15) is 5.60 Å². The molecule has 102 valence electrons. The monoisotopic (exact) mass is 324 g/mol. The number of halogens is 1. The zero-order valence-electron chi connectivity index (χ0n) is 11.3. The van der Waals surface area contributed by atoms with Crippen LogP contribution in [0.4, 0.5) is 4.79 Å². The third-order valence-corrected chi connectivity index (χ3v) is 2.96. The molecule has 5 heteroatoms. The molecule has 0 amide bonds. The molecule has 0 spiro atoms. The van der Waals surface area contributed by atoms with E-state index in [4.69, 9.17) is 4.74 Å². The van der Waals surface area contributed by atoms with Crippen molar-refractivity contribution in [1.82, 2.24) is 9.78 Å². The fraction of sp³-hybridized carbons (Fsp3) is 0.429. The van der Waals surface area contributed by atoms with E-state index < -0.39 is 11.7 Å². The summed E-state index contributed by atoms with van der Waals surface area (Å²) in [4.78, 5) is 12.2. The molecule has 0 saturated carbocycles. The molecule has 0 unspecified atom stereocenters. The van der Waals surface area contributed by atoms with Crippen LogP contribution in [0.25, 0.3) is 10.9 Å².